The molecule has 0 aliphatic heterocycles. The number of hydrogen-bond acceptors (Lipinski definition) is 4. The first-order valence-electron chi connectivity index (χ1n) is 2.21. The maximum atomic E-state index is 9.10. The Morgan fingerprint density at radius 3 is 0.643 bits per heavy atom. The molecule has 0 heterocycles. The van der Waals surface area contributed by atoms with Gasteiger partial charge in [0.05, 0.1) is 0 Å². The predicted octanol–water partition coefficient (Wildman–Crippen LogP) is -2.52. The van der Waals surface area contributed by atoms with E-state index in [9.17, 15) is 0 Å². The second-order valence-electron chi connectivity index (χ2n) is 1.22. The van der Waals surface area contributed by atoms with E-state index >= 15 is 0 Å². The average molecular weight is 246 g/mol. The van der Waals surface area contributed by atoms with Gasteiger partial charge in [-0.15, -0.1) is 0 Å². The van der Waals surface area contributed by atoms with Crippen molar-refractivity contribution < 1.29 is 66.8 Å². The molecule has 0 saturated heterocycles. The van der Waals surface area contributed by atoms with Gasteiger partial charge in [-0.1, -0.05) is 0 Å². The summed E-state index contributed by atoms with van der Waals surface area (Å²) in [7, 11) is 0. The summed E-state index contributed by atoms with van der Waals surface area (Å²) >= 11 is 0. The third-order valence-electron chi connectivity index (χ3n) is 0.366. The Morgan fingerprint density at radius 2 is 0.643 bits per heavy atom. The van der Waals surface area contributed by atoms with Crippen LogP contribution in [0, 0.1) is 0 Å². The van der Waals surface area contributed by atoms with Crippen LogP contribution >= 0.6 is 0 Å². The molecule has 10 heteroatoms. The Kier molecular flexibility index (Phi) is 18.9. The van der Waals surface area contributed by atoms with Crippen molar-refractivity contribution >= 4 is 23.9 Å². The molecule has 80 valence electrons. The first-order valence-corrected chi connectivity index (χ1v) is 2.21. The average Bonchev–Trinajstić information content (AvgIpc) is 1.88. The van der Waals surface area contributed by atoms with Crippen LogP contribution in [0.2, 0.25) is 0 Å². The van der Waals surface area contributed by atoms with Crippen LogP contribution in [0.1, 0.15) is 0 Å². The first-order chi connectivity index (χ1) is 5.29. The molecule has 0 aliphatic rings. The minimum absolute atomic E-state index is 0. The first kappa shape index (κ1) is 22.9. The molecule has 0 aliphatic carbocycles. The second kappa shape index (κ2) is 11.6. The van der Waals surface area contributed by atoms with Crippen LogP contribution in [0.25, 0.3) is 0 Å². The Balaban J connectivity index is -0.0000000625. The minimum Gasteiger partial charge on any atom is -0.473 e. The summed E-state index contributed by atoms with van der Waals surface area (Å²) in [5.41, 5.74) is 0. The molecule has 0 radical (unpaired) electrons. The van der Waals surface area contributed by atoms with Gasteiger partial charge >= 0.3 is 23.9 Å². The van der Waals surface area contributed by atoms with Gasteiger partial charge in [-0.2, -0.15) is 0 Å². The maximum absolute atomic E-state index is 9.10. The van der Waals surface area contributed by atoms with Crippen LogP contribution in [0.3, 0.4) is 0 Å². The van der Waals surface area contributed by atoms with Crippen LogP contribution in [-0.4, -0.2) is 49.8 Å². The van der Waals surface area contributed by atoms with Crippen LogP contribution in [0.4, 0.5) is 0 Å². The summed E-state index contributed by atoms with van der Waals surface area (Å²) in [6.45, 7) is 0. The van der Waals surface area contributed by atoms with E-state index in [0.29, 0.717) is 0 Å². The fraction of sp³-hybridized carbons (Fsp3) is 0. The molecule has 0 spiro atoms. The largest absolute Gasteiger partial charge is 0.473 e. The van der Waals surface area contributed by atoms with Crippen LogP contribution in [-0.2, 0) is 40.9 Å². The number of rotatable bonds is 0. The number of hydrogen-bond donors (Lipinski definition) is 4. The van der Waals surface area contributed by atoms with Crippen LogP contribution < -0.4 is 0 Å². The molecule has 0 saturated carbocycles. The van der Waals surface area contributed by atoms with Crippen molar-refractivity contribution in [3.05, 3.63) is 0 Å². The summed E-state index contributed by atoms with van der Waals surface area (Å²) in [5, 5.41) is 29.6. The van der Waals surface area contributed by atoms with Gasteiger partial charge < -0.3 is 25.9 Å². The second-order valence-corrected chi connectivity index (χ2v) is 1.22. The Labute approximate surface area is 91.1 Å². The molecule has 0 bridgehead atoms. The van der Waals surface area contributed by atoms with Crippen molar-refractivity contribution in [2.24, 2.45) is 0 Å². The summed E-state index contributed by atoms with van der Waals surface area (Å²) < 4.78 is 0. The molecule has 0 amide bonds. The molecule has 0 aromatic rings. The number of carboxylic acid groups (broad SMARTS) is 4. The zero-order valence-electron chi connectivity index (χ0n) is 6.42. The zero-order valence-corrected chi connectivity index (χ0v) is 7.98. The summed E-state index contributed by atoms with van der Waals surface area (Å²) in [6, 6.07) is 0. The normalized spacial score (nSPS) is 6.29. The molecule has 0 aromatic carbocycles. The molecule has 0 aromatic heterocycles. The van der Waals surface area contributed by atoms with Crippen LogP contribution in [0.5, 0.6) is 0 Å². The number of carboxylic acids is 4. The van der Waals surface area contributed by atoms with E-state index in [0.717, 1.165) is 0 Å². The van der Waals surface area contributed by atoms with Gasteiger partial charge in [0.1, 0.15) is 0 Å². The van der Waals surface area contributed by atoms with Gasteiger partial charge in [-0.3, -0.25) is 0 Å². The molecule has 0 unspecified atom stereocenters. The molecule has 0 rings (SSSR count). The smallest absolute Gasteiger partial charge is 0.414 e. The molecule has 0 atom stereocenters. The Hall–Kier alpha value is -1.45. The summed E-state index contributed by atoms with van der Waals surface area (Å²) in [6.07, 6.45) is 0. The van der Waals surface area contributed by atoms with Crippen molar-refractivity contribution in [2.45, 2.75) is 0 Å². The fourth-order valence-corrected chi connectivity index (χ4v) is 0. The number of aliphatic carboxylic acids is 4. The quantitative estimate of drug-likeness (QED) is 0.266. The van der Waals surface area contributed by atoms with E-state index in [1.807, 2.05) is 0 Å². The van der Waals surface area contributed by atoms with E-state index in [1.165, 1.54) is 0 Å². The van der Waals surface area contributed by atoms with Crippen molar-refractivity contribution in [1.82, 2.24) is 0 Å². The van der Waals surface area contributed by atoms with E-state index in [2.05, 4.69) is 0 Å². The monoisotopic (exact) mass is 246 g/mol. The summed E-state index contributed by atoms with van der Waals surface area (Å²) in [4.78, 5) is 36.4. The van der Waals surface area contributed by atoms with Gasteiger partial charge in [-0.05, 0) is 0 Å². The molecular weight excluding hydrogens is 240 g/mol. The van der Waals surface area contributed by atoms with Gasteiger partial charge in [0.25, 0.3) is 0 Å². The Bertz CT molecular complexity index is 173. The Morgan fingerprint density at radius 1 is 0.571 bits per heavy atom. The van der Waals surface area contributed by atoms with Crippen molar-refractivity contribution in [3.63, 3.8) is 0 Å². The van der Waals surface area contributed by atoms with Crippen molar-refractivity contribution in [1.29, 1.82) is 0 Å². The predicted molar refractivity (Wildman–Crippen MR) is 34.2 cm³/mol. The maximum Gasteiger partial charge on any atom is 0.414 e. The molecule has 6 N–H and O–H groups in total. The zero-order chi connectivity index (χ0) is 10.3. The van der Waals surface area contributed by atoms with E-state index in [1.54, 1.807) is 0 Å². The van der Waals surface area contributed by atoms with Gasteiger partial charge in [-0.25, -0.2) is 19.2 Å². The van der Waals surface area contributed by atoms with Crippen molar-refractivity contribution in [2.75, 3.05) is 0 Å². The minimum atomic E-state index is -1.82. The van der Waals surface area contributed by atoms with Gasteiger partial charge in [0, 0.05) is 21.7 Å². The standard InChI is InChI=1S/2C2H2O4.H2O.Ti/c2*3-1(4)2(5)6;;/h2*(H,3,4)(H,5,6);1H2;. The van der Waals surface area contributed by atoms with E-state index in [-0.39, 0.29) is 27.2 Å². The topological polar surface area (TPSA) is 181 Å². The van der Waals surface area contributed by atoms with E-state index < -0.39 is 23.9 Å². The van der Waals surface area contributed by atoms with E-state index in [4.69, 9.17) is 39.6 Å². The SMILES string of the molecule is O.O=C(O)C(=O)O.O=C(O)C(=O)O.[Ti]. The van der Waals surface area contributed by atoms with Crippen LogP contribution in [0.15, 0.2) is 0 Å². The van der Waals surface area contributed by atoms with Crippen molar-refractivity contribution in [3.8, 4) is 0 Å². The fourth-order valence-electron chi connectivity index (χ4n) is 0. The molecule has 0 fully saturated rings. The molecule has 9 nitrogen and oxygen atoms in total. The molecular formula is C4H6O9Ti. The third-order valence-corrected chi connectivity index (χ3v) is 0.366. The molecule has 14 heavy (non-hydrogen) atoms. The van der Waals surface area contributed by atoms with Gasteiger partial charge in [0.2, 0.25) is 0 Å². The summed E-state index contributed by atoms with van der Waals surface area (Å²) in [5.74, 6) is -7.30. The third kappa shape index (κ3) is 22.4. The number of carbonyl (C=O) groups is 4. The van der Waals surface area contributed by atoms with Gasteiger partial charge in [0.15, 0.2) is 0 Å².